The summed E-state index contributed by atoms with van der Waals surface area (Å²) >= 11 is 1.19. The molecular weight excluding hydrogens is 919 g/mol. The summed E-state index contributed by atoms with van der Waals surface area (Å²) in [7, 11) is 0. The van der Waals surface area contributed by atoms with Crippen LogP contribution in [0.5, 0.6) is 0 Å². The van der Waals surface area contributed by atoms with Crippen molar-refractivity contribution in [1.29, 1.82) is 10.5 Å². The van der Waals surface area contributed by atoms with E-state index in [0.717, 1.165) is 81.4 Å². The Balaban J connectivity index is 1.99. The molecule has 0 saturated carbocycles. The number of hydrogen-bond acceptors (Lipinski definition) is 12. The van der Waals surface area contributed by atoms with E-state index in [1.54, 1.807) is 6.92 Å². The summed E-state index contributed by atoms with van der Waals surface area (Å²) < 4.78 is 32.4. The van der Waals surface area contributed by atoms with Crippen molar-refractivity contribution >= 4 is 27.7 Å². The molecule has 0 radical (unpaired) electrons. The van der Waals surface area contributed by atoms with Crippen LogP contribution in [-0.4, -0.2) is 88.9 Å². The zero-order valence-corrected chi connectivity index (χ0v) is 47.7. The van der Waals surface area contributed by atoms with Crippen LogP contribution in [-0.2, 0) is 23.7 Å². The second-order valence-corrected chi connectivity index (χ2v) is 21.1. The molecule has 1 N–H and O–H groups in total. The molecule has 1 heterocycles. The molecule has 0 spiro atoms. The van der Waals surface area contributed by atoms with E-state index < -0.39 is 6.10 Å². The summed E-state index contributed by atoms with van der Waals surface area (Å²) in [5.41, 5.74) is 3.83. The molecule has 11 nitrogen and oxygen atoms in total. The second-order valence-electron chi connectivity index (χ2n) is 20.1. The summed E-state index contributed by atoms with van der Waals surface area (Å²) in [6.45, 7) is 20.1. The molecule has 1 aromatic carbocycles. The normalized spacial score (nSPS) is 13.4. The highest BCUT2D eigenvalue weighted by molar-refractivity contribution is 7.16. The average molecular weight is 1020 g/mol. The Morgan fingerprint density at radius 2 is 1.03 bits per heavy atom. The van der Waals surface area contributed by atoms with E-state index >= 15 is 0 Å². The number of aliphatic hydroxyl groups is 1. The number of benzene rings is 1. The standard InChI is InChI=1S/C60H103N5O6S/c1-8-13-17-21-25-29-33-53(66)46-69-55(35-31-27-23-19-15-10-3)48-71-56(36-32-28-24-20-16-11-4)49-70-54(34-30-26-22-18-14-9-2)47-68-42-41-67-40-39-65(12-5)52-37-38-58(50(6)43-52)63-64-60-57(44-61)51(7)59(45-62)72-60/h37-38,43,53-56,66H,8-36,39-42,46-49H2,1-7H3/b64-63+. The lowest BCUT2D eigenvalue weighted by Crippen LogP contribution is -2.32. The number of anilines is 1. The quantitative estimate of drug-likeness (QED) is 0.0506. The van der Waals surface area contributed by atoms with Gasteiger partial charge in [0.1, 0.15) is 17.0 Å². The molecule has 0 saturated heterocycles. The van der Waals surface area contributed by atoms with Gasteiger partial charge in [-0.2, -0.15) is 10.5 Å². The van der Waals surface area contributed by atoms with Crippen LogP contribution in [0.25, 0.3) is 0 Å². The van der Waals surface area contributed by atoms with Gasteiger partial charge in [-0.3, -0.25) is 0 Å². The predicted molar refractivity (Wildman–Crippen MR) is 301 cm³/mol. The first-order valence-corrected chi connectivity index (χ1v) is 30.0. The number of thiophene rings is 1. The predicted octanol–water partition coefficient (Wildman–Crippen LogP) is 16.9. The molecule has 410 valence electrons. The zero-order valence-electron chi connectivity index (χ0n) is 46.8. The van der Waals surface area contributed by atoms with Gasteiger partial charge < -0.3 is 33.7 Å². The minimum atomic E-state index is -0.423. The summed E-state index contributed by atoms with van der Waals surface area (Å²) in [5, 5.41) is 39.1. The van der Waals surface area contributed by atoms with E-state index in [0.29, 0.717) is 67.3 Å². The number of rotatable bonds is 49. The number of nitriles is 2. The molecule has 12 heteroatoms. The Hall–Kier alpha value is -2.94. The molecule has 0 aliphatic rings. The fraction of sp³-hybridized carbons (Fsp3) is 0.800. The lowest BCUT2D eigenvalue weighted by molar-refractivity contribution is -0.106. The van der Waals surface area contributed by atoms with Crippen LogP contribution < -0.4 is 4.90 Å². The summed E-state index contributed by atoms with van der Waals surface area (Å²) in [4.78, 5) is 2.77. The average Bonchev–Trinajstić information content (AvgIpc) is 3.70. The number of ether oxygens (including phenoxy) is 5. The minimum absolute atomic E-state index is 0.00158. The summed E-state index contributed by atoms with van der Waals surface area (Å²) in [5.74, 6) is 0. The Kier molecular flexibility index (Phi) is 40.2. The molecular formula is C60H103N5O6S. The number of azo groups is 1. The van der Waals surface area contributed by atoms with Crippen molar-refractivity contribution in [3.8, 4) is 12.1 Å². The van der Waals surface area contributed by atoms with E-state index in [1.807, 2.05) is 19.1 Å². The van der Waals surface area contributed by atoms with E-state index in [4.69, 9.17) is 23.7 Å². The highest BCUT2D eigenvalue weighted by Gasteiger charge is 2.20. The summed E-state index contributed by atoms with van der Waals surface area (Å²) in [6.07, 6.45) is 33.0. The third-order valence-electron chi connectivity index (χ3n) is 13.8. The van der Waals surface area contributed by atoms with Crippen LogP contribution in [0.4, 0.5) is 16.4 Å². The fourth-order valence-corrected chi connectivity index (χ4v) is 9.89. The summed E-state index contributed by atoms with van der Waals surface area (Å²) in [6, 6.07) is 10.4. The number of likely N-dealkylation sites (N-methyl/N-ethyl adjacent to an activating group) is 1. The van der Waals surface area contributed by atoms with Gasteiger partial charge in [0.15, 0.2) is 5.00 Å². The maximum Gasteiger partial charge on any atom is 0.158 e. The van der Waals surface area contributed by atoms with Crippen molar-refractivity contribution in [2.24, 2.45) is 10.2 Å². The molecule has 4 unspecified atom stereocenters. The van der Waals surface area contributed by atoms with Crippen molar-refractivity contribution in [2.45, 2.75) is 253 Å². The smallest absolute Gasteiger partial charge is 0.158 e. The van der Waals surface area contributed by atoms with Crippen LogP contribution >= 0.6 is 11.3 Å². The van der Waals surface area contributed by atoms with Crippen molar-refractivity contribution in [2.75, 3.05) is 64.2 Å². The van der Waals surface area contributed by atoms with Gasteiger partial charge in [0.05, 0.1) is 81.9 Å². The number of nitrogens with zero attached hydrogens (tertiary/aromatic N) is 5. The van der Waals surface area contributed by atoms with E-state index in [1.165, 1.54) is 140 Å². The molecule has 2 rings (SSSR count). The SMILES string of the molecule is CCCCCCCCC(O)COC(CCCCCCCC)COC(CCCCCCCC)COC(CCCCCCCC)COCCOCCN(CC)c1ccc(/N=N/c2sc(C#N)c(C)c2C#N)c(C)c1. The third kappa shape index (κ3) is 30.4. The number of hydrogen-bond donors (Lipinski definition) is 1. The van der Waals surface area contributed by atoms with E-state index in [2.05, 4.69) is 68.0 Å². The fourth-order valence-electron chi connectivity index (χ4n) is 9.01. The third-order valence-corrected chi connectivity index (χ3v) is 14.9. The second kappa shape index (κ2) is 44.4. The van der Waals surface area contributed by atoms with E-state index in [9.17, 15) is 15.6 Å². The molecule has 1 aromatic heterocycles. The number of unbranched alkanes of at least 4 members (excludes halogenated alkanes) is 20. The Bertz CT molecular complexity index is 1730. The van der Waals surface area contributed by atoms with E-state index in [-0.39, 0.29) is 18.3 Å². The molecule has 0 amide bonds. The highest BCUT2D eigenvalue weighted by atomic mass is 32.1. The van der Waals surface area contributed by atoms with Gasteiger partial charge >= 0.3 is 0 Å². The minimum Gasteiger partial charge on any atom is -0.391 e. The van der Waals surface area contributed by atoms with Crippen LogP contribution in [0.2, 0.25) is 0 Å². The Morgan fingerprint density at radius 1 is 0.556 bits per heavy atom. The lowest BCUT2D eigenvalue weighted by atomic mass is 10.1. The van der Waals surface area contributed by atoms with Gasteiger partial charge in [0.25, 0.3) is 0 Å². The molecule has 0 aliphatic heterocycles. The highest BCUT2D eigenvalue weighted by Crippen LogP contribution is 2.36. The molecule has 4 atom stereocenters. The molecule has 0 bridgehead atoms. The first-order valence-electron chi connectivity index (χ1n) is 29.1. The molecule has 72 heavy (non-hydrogen) atoms. The van der Waals surface area contributed by atoms with Gasteiger partial charge in [-0.15, -0.1) is 21.6 Å². The van der Waals surface area contributed by atoms with Gasteiger partial charge in [-0.25, -0.2) is 0 Å². The van der Waals surface area contributed by atoms with Gasteiger partial charge in [0, 0.05) is 18.8 Å². The maximum atomic E-state index is 10.9. The largest absolute Gasteiger partial charge is 0.391 e. The number of aliphatic hydroxyl groups excluding tert-OH is 1. The van der Waals surface area contributed by atoms with Crippen LogP contribution in [0.3, 0.4) is 0 Å². The van der Waals surface area contributed by atoms with Gasteiger partial charge in [-0.1, -0.05) is 182 Å². The molecule has 0 aliphatic carbocycles. The van der Waals surface area contributed by atoms with Crippen molar-refractivity contribution in [1.82, 2.24) is 0 Å². The number of aryl methyl sites for hydroxylation is 1. The Morgan fingerprint density at radius 3 is 1.51 bits per heavy atom. The molecule has 2 aromatic rings. The molecule has 0 fully saturated rings. The zero-order chi connectivity index (χ0) is 52.3. The van der Waals surface area contributed by atoms with Gasteiger partial charge in [-0.05, 0) is 75.8 Å². The van der Waals surface area contributed by atoms with Crippen molar-refractivity contribution < 1.29 is 28.8 Å². The topological polar surface area (TPSA) is 142 Å². The van der Waals surface area contributed by atoms with Crippen molar-refractivity contribution in [3.05, 3.63) is 39.8 Å². The van der Waals surface area contributed by atoms with Crippen LogP contribution in [0.15, 0.2) is 28.4 Å². The monoisotopic (exact) mass is 1020 g/mol. The van der Waals surface area contributed by atoms with Crippen LogP contribution in [0.1, 0.15) is 236 Å². The maximum absolute atomic E-state index is 10.9. The first-order chi connectivity index (χ1) is 35.2. The van der Waals surface area contributed by atoms with Crippen molar-refractivity contribution in [3.63, 3.8) is 0 Å². The van der Waals surface area contributed by atoms with Crippen LogP contribution in [0, 0.1) is 36.5 Å². The lowest BCUT2D eigenvalue weighted by Gasteiger charge is -2.26. The first kappa shape index (κ1) is 65.2. The van der Waals surface area contributed by atoms with Gasteiger partial charge in [0.2, 0.25) is 0 Å². The Labute approximate surface area is 444 Å².